The van der Waals surface area contributed by atoms with Crippen molar-refractivity contribution in [3.05, 3.63) is 29.8 Å². The van der Waals surface area contributed by atoms with Crippen LogP contribution in [0.4, 0.5) is 4.39 Å². The fraction of sp³-hybridized carbons (Fsp3) is 0.571. The molecule has 3 heteroatoms. The number of carbonyl (C=O) groups is 1. The van der Waals surface area contributed by atoms with Gasteiger partial charge in [0.15, 0.2) is 5.78 Å². The quantitative estimate of drug-likeness (QED) is 0.589. The molecule has 0 aromatic carbocycles. The summed E-state index contributed by atoms with van der Waals surface area (Å²) in [5.74, 6) is 0.0777. The maximum absolute atomic E-state index is 13.0. The van der Waals surface area contributed by atoms with Gasteiger partial charge in [-0.1, -0.05) is 38.5 Å². The first-order valence-electron chi connectivity index (χ1n) is 6.39. The average Bonchev–Trinajstić information content (AvgIpc) is 2.57. The molecule has 1 heterocycles. The van der Waals surface area contributed by atoms with E-state index in [1.807, 2.05) is 0 Å². The summed E-state index contributed by atoms with van der Waals surface area (Å²) in [5.41, 5.74) is 0.411. The molecule has 0 radical (unpaired) electrons. The van der Waals surface area contributed by atoms with E-state index in [0.717, 1.165) is 19.0 Å². The standard InChI is InChI=1S/C14H18FNO/c15-13-8-12(9-16-10-13)14(17)7-11-5-3-1-2-4-6-11/h8-11H,1-7H2. The number of aromatic nitrogens is 1. The summed E-state index contributed by atoms with van der Waals surface area (Å²) >= 11 is 0. The van der Waals surface area contributed by atoms with Crippen molar-refractivity contribution in [1.29, 1.82) is 0 Å². The fourth-order valence-electron chi connectivity index (χ4n) is 2.51. The van der Waals surface area contributed by atoms with Gasteiger partial charge >= 0.3 is 0 Å². The van der Waals surface area contributed by atoms with Crippen molar-refractivity contribution in [2.45, 2.75) is 44.9 Å². The molecular formula is C14H18FNO. The van der Waals surface area contributed by atoms with Crippen molar-refractivity contribution in [1.82, 2.24) is 4.98 Å². The molecule has 1 aliphatic rings. The highest BCUT2D eigenvalue weighted by Crippen LogP contribution is 2.26. The number of nitrogens with zero attached hydrogens (tertiary/aromatic N) is 1. The van der Waals surface area contributed by atoms with Crippen molar-refractivity contribution < 1.29 is 9.18 Å². The lowest BCUT2D eigenvalue weighted by Crippen LogP contribution is -2.09. The Labute approximate surface area is 101 Å². The number of pyridine rings is 1. The lowest BCUT2D eigenvalue weighted by molar-refractivity contribution is 0.0956. The first-order chi connectivity index (χ1) is 8.25. The maximum atomic E-state index is 13.0. The number of hydrogen-bond acceptors (Lipinski definition) is 2. The molecule has 0 aliphatic heterocycles. The molecule has 0 bridgehead atoms. The van der Waals surface area contributed by atoms with Crippen molar-refractivity contribution in [3.8, 4) is 0 Å². The molecule has 1 aliphatic carbocycles. The monoisotopic (exact) mass is 235 g/mol. The van der Waals surface area contributed by atoms with Crippen LogP contribution < -0.4 is 0 Å². The van der Waals surface area contributed by atoms with E-state index in [4.69, 9.17) is 0 Å². The van der Waals surface area contributed by atoms with Crippen LogP contribution in [-0.4, -0.2) is 10.8 Å². The van der Waals surface area contributed by atoms with E-state index >= 15 is 0 Å². The van der Waals surface area contributed by atoms with Gasteiger partial charge in [-0.15, -0.1) is 0 Å². The fourth-order valence-corrected chi connectivity index (χ4v) is 2.51. The summed E-state index contributed by atoms with van der Waals surface area (Å²) < 4.78 is 13.0. The Hall–Kier alpha value is -1.25. The number of ketones is 1. The van der Waals surface area contributed by atoms with Gasteiger partial charge in [0.25, 0.3) is 0 Å². The first-order valence-corrected chi connectivity index (χ1v) is 6.39. The zero-order valence-corrected chi connectivity index (χ0v) is 9.99. The number of Topliss-reactive ketones (excluding diaryl/α,β-unsaturated/α-hetero) is 1. The van der Waals surface area contributed by atoms with Crippen LogP contribution in [0.3, 0.4) is 0 Å². The highest BCUT2D eigenvalue weighted by molar-refractivity contribution is 5.95. The van der Waals surface area contributed by atoms with Crippen LogP contribution in [0, 0.1) is 11.7 Å². The van der Waals surface area contributed by atoms with E-state index in [1.54, 1.807) is 0 Å². The predicted octanol–water partition coefficient (Wildman–Crippen LogP) is 3.76. The van der Waals surface area contributed by atoms with Gasteiger partial charge in [-0.05, 0) is 12.0 Å². The van der Waals surface area contributed by atoms with Gasteiger partial charge in [0.2, 0.25) is 0 Å². The average molecular weight is 235 g/mol. The SMILES string of the molecule is O=C(CC1CCCCCC1)c1cncc(F)c1. The molecule has 0 spiro atoms. The van der Waals surface area contributed by atoms with E-state index in [0.29, 0.717) is 17.9 Å². The van der Waals surface area contributed by atoms with Crippen LogP contribution in [-0.2, 0) is 0 Å². The number of carbonyl (C=O) groups excluding carboxylic acids is 1. The maximum Gasteiger partial charge on any atom is 0.164 e. The third-order valence-electron chi connectivity index (χ3n) is 3.48. The third kappa shape index (κ3) is 3.62. The Morgan fingerprint density at radius 3 is 2.59 bits per heavy atom. The largest absolute Gasteiger partial charge is 0.294 e. The summed E-state index contributed by atoms with van der Waals surface area (Å²) in [5, 5.41) is 0. The minimum absolute atomic E-state index is 0.0314. The Morgan fingerprint density at radius 2 is 1.94 bits per heavy atom. The predicted molar refractivity (Wildman–Crippen MR) is 64.3 cm³/mol. The molecule has 0 atom stereocenters. The molecule has 2 nitrogen and oxygen atoms in total. The van der Waals surface area contributed by atoms with Crippen LogP contribution in [0.15, 0.2) is 18.5 Å². The summed E-state index contributed by atoms with van der Waals surface area (Å²) in [6, 6.07) is 1.28. The first kappa shape index (κ1) is 12.2. The van der Waals surface area contributed by atoms with Crippen molar-refractivity contribution in [2.75, 3.05) is 0 Å². The van der Waals surface area contributed by atoms with E-state index < -0.39 is 5.82 Å². The van der Waals surface area contributed by atoms with Crippen molar-refractivity contribution >= 4 is 5.78 Å². The normalized spacial score (nSPS) is 17.7. The third-order valence-corrected chi connectivity index (χ3v) is 3.48. The van der Waals surface area contributed by atoms with Crippen molar-refractivity contribution in [2.24, 2.45) is 5.92 Å². The zero-order valence-electron chi connectivity index (χ0n) is 9.99. The molecule has 17 heavy (non-hydrogen) atoms. The van der Waals surface area contributed by atoms with Crippen molar-refractivity contribution in [3.63, 3.8) is 0 Å². The molecule has 0 unspecified atom stereocenters. The molecule has 1 aromatic rings. The molecular weight excluding hydrogens is 217 g/mol. The van der Waals surface area contributed by atoms with Gasteiger partial charge in [-0.25, -0.2) is 4.39 Å². The Kier molecular flexibility index (Phi) is 4.24. The smallest absolute Gasteiger partial charge is 0.164 e. The van der Waals surface area contributed by atoms with Gasteiger partial charge in [0, 0.05) is 18.2 Å². The number of rotatable bonds is 3. The Balaban J connectivity index is 1.96. The molecule has 92 valence electrons. The van der Waals surface area contributed by atoms with Crippen LogP contribution in [0.25, 0.3) is 0 Å². The van der Waals surface area contributed by atoms with E-state index in [2.05, 4.69) is 4.98 Å². The number of hydrogen-bond donors (Lipinski definition) is 0. The summed E-state index contributed by atoms with van der Waals surface area (Å²) in [4.78, 5) is 15.7. The second-order valence-electron chi connectivity index (χ2n) is 4.88. The molecule has 0 amide bonds. The molecule has 0 saturated heterocycles. The van der Waals surface area contributed by atoms with Crippen LogP contribution >= 0.6 is 0 Å². The van der Waals surface area contributed by atoms with E-state index in [9.17, 15) is 9.18 Å². The lowest BCUT2D eigenvalue weighted by atomic mass is 9.92. The Morgan fingerprint density at radius 1 is 1.24 bits per heavy atom. The summed E-state index contributed by atoms with van der Waals surface area (Å²) in [6.45, 7) is 0. The molecule has 0 N–H and O–H groups in total. The summed E-state index contributed by atoms with van der Waals surface area (Å²) in [6.07, 6.45) is 10.4. The second kappa shape index (κ2) is 5.89. The molecule has 1 aromatic heterocycles. The Bertz CT molecular complexity index is 384. The lowest BCUT2D eigenvalue weighted by Gasteiger charge is -2.12. The minimum atomic E-state index is -0.434. The second-order valence-corrected chi connectivity index (χ2v) is 4.88. The van der Waals surface area contributed by atoms with Crippen LogP contribution in [0.1, 0.15) is 55.3 Å². The van der Waals surface area contributed by atoms with Gasteiger partial charge in [0.05, 0.1) is 6.20 Å². The highest BCUT2D eigenvalue weighted by atomic mass is 19.1. The molecule has 1 fully saturated rings. The van der Waals surface area contributed by atoms with E-state index in [1.165, 1.54) is 37.9 Å². The van der Waals surface area contributed by atoms with Gasteiger partial charge < -0.3 is 0 Å². The van der Waals surface area contributed by atoms with Crippen LogP contribution in [0.2, 0.25) is 0 Å². The minimum Gasteiger partial charge on any atom is -0.294 e. The summed E-state index contributed by atoms with van der Waals surface area (Å²) in [7, 11) is 0. The molecule has 2 rings (SSSR count). The topological polar surface area (TPSA) is 30.0 Å². The van der Waals surface area contributed by atoms with Gasteiger partial charge in [-0.2, -0.15) is 0 Å². The van der Waals surface area contributed by atoms with Gasteiger partial charge in [0.1, 0.15) is 5.82 Å². The zero-order chi connectivity index (χ0) is 12.1. The highest BCUT2D eigenvalue weighted by Gasteiger charge is 2.17. The van der Waals surface area contributed by atoms with Gasteiger partial charge in [-0.3, -0.25) is 9.78 Å². The number of halogens is 1. The van der Waals surface area contributed by atoms with E-state index in [-0.39, 0.29) is 5.78 Å². The van der Waals surface area contributed by atoms with Crippen LogP contribution in [0.5, 0.6) is 0 Å². The molecule has 1 saturated carbocycles.